The second-order valence-electron chi connectivity index (χ2n) is 7.42. The van der Waals surface area contributed by atoms with E-state index in [1.54, 1.807) is 24.3 Å². The van der Waals surface area contributed by atoms with E-state index >= 15 is 0 Å². The Morgan fingerprint density at radius 3 is 1.65 bits per heavy atom. The third kappa shape index (κ3) is 3.36. The van der Waals surface area contributed by atoms with Gasteiger partial charge in [0.05, 0.1) is 37.2 Å². The summed E-state index contributed by atoms with van der Waals surface area (Å²) in [5.74, 6) is -2.56. The molecule has 0 saturated carbocycles. The van der Waals surface area contributed by atoms with Crippen molar-refractivity contribution in [2.75, 3.05) is 0 Å². The molecule has 170 valence electrons. The highest BCUT2D eigenvalue weighted by Gasteiger charge is 2.36. The average Bonchev–Trinajstić information content (AvgIpc) is 3.36. The van der Waals surface area contributed by atoms with Gasteiger partial charge in [0.15, 0.2) is 11.5 Å². The van der Waals surface area contributed by atoms with E-state index in [0.29, 0.717) is 16.7 Å². The third-order valence-electron chi connectivity index (χ3n) is 5.48. The lowest BCUT2D eigenvalue weighted by atomic mass is 10.00. The van der Waals surface area contributed by atoms with Crippen LogP contribution in [0.2, 0.25) is 10.0 Å². The fraction of sp³-hybridized carbons (Fsp3) is 0.0417. The summed E-state index contributed by atoms with van der Waals surface area (Å²) in [7, 11) is 0. The zero-order valence-electron chi connectivity index (χ0n) is 16.9. The first-order valence-electron chi connectivity index (χ1n) is 9.75. The Labute approximate surface area is 200 Å². The number of halogens is 2. The second-order valence-corrected chi connectivity index (χ2v) is 8.17. The number of hydrogen-bond donors (Lipinski definition) is 2. The van der Waals surface area contributed by atoms with Gasteiger partial charge in [-0.05, 0) is 28.8 Å². The first kappa shape index (κ1) is 22.1. The average molecular weight is 499 g/mol. The number of hydrogen-bond acceptors (Lipinski definition) is 7. The first-order valence-corrected chi connectivity index (χ1v) is 10.5. The quantitative estimate of drug-likeness (QED) is 0.238. The molecule has 0 fully saturated rings. The molecule has 2 heterocycles. The Hall–Kier alpha value is -3.69. The van der Waals surface area contributed by atoms with Crippen molar-refractivity contribution < 1.29 is 39.1 Å². The topological polar surface area (TPSA) is 119 Å². The highest BCUT2D eigenvalue weighted by Crippen LogP contribution is 2.37. The minimum Gasteiger partial charge on any atom is -0.478 e. The SMILES string of the molecule is O=C1Oc2c(Cl)c3c(c(Cl)c2=C1c1ccc(COO)cc1)OC(=O)C=3c1ccc(C(=O)O)cc1. The molecule has 0 amide bonds. The van der Waals surface area contributed by atoms with Gasteiger partial charge >= 0.3 is 17.9 Å². The summed E-state index contributed by atoms with van der Waals surface area (Å²) in [6.45, 7) is -0.0290. The van der Waals surface area contributed by atoms with Crippen molar-refractivity contribution >= 4 is 52.3 Å². The van der Waals surface area contributed by atoms with Crippen molar-refractivity contribution in [2.45, 2.75) is 6.61 Å². The van der Waals surface area contributed by atoms with Crippen LogP contribution in [-0.2, 0) is 21.1 Å². The van der Waals surface area contributed by atoms with Gasteiger partial charge in [0.25, 0.3) is 0 Å². The first-order chi connectivity index (χ1) is 16.3. The van der Waals surface area contributed by atoms with Gasteiger partial charge in [-0.3, -0.25) is 5.26 Å². The molecule has 34 heavy (non-hydrogen) atoms. The zero-order chi connectivity index (χ0) is 24.1. The van der Waals surface area contributed by atoms with Gasteiger partial charge in [0.2, 0.25) is 0 Å². The van der Waals surface area contributed by atoms with Crippen LogP contribution in [-0.4, -0.2) is 28.3 Å². The van der Waals surface area contributed by atoms with E-state index < -0.39 is 17.9 Å². The summed E-state index contributed by atoms with van der Waals surface area (Å²) in [6, 6.07) is 12.2. The molecular formula is C24H12Cl2O8. The molecular weight excluding hydrogens is 487 g/mol. The molecule has 0 aliphatic carbocycles. The van der Waals surface area contributed by atoms with Crippen LogP contribution in [0.4, 0.5) is 0 Å². The lowest BCUT2D eigenvalue weighted by Gasteiger charge is -2.05. The predicted molar refractivity (Wildman–Crippen MR) is 119 cm³/mol. The molecule has 0 unspecified atom stereocenters. The molecule has 2 aliphatic rings. The summed E-state index contributed by atoms with van der Waals surface area (Å²) in [6.07, 6.45) is 0. The fourth-order valence-electron chi connectivity index (χ4n) is 3.92. The van der Waals surface area contributed by atoms with Crippen LogP contribution in [0.25, 0.3) is 11.1 Å². The Bertz CT molecular complexity index is 1520. The molecule has 5 rings (SSSR count). The number of carbonyl (C=O) groups excluding carboxylic acids is 2. The molecule has 2 aliphatic heterocycles. The Kier molecular flexibility index (Phi) is 5.38. The Morgan fingerprint density at radius 1 is 0.794 bits per heavy atom. The molecule has 0 aromatic heterocycles. The van der Waals surface area contributed by atoms with Gasteiger partial charge < -0.3 is 14.6 Å². The second kappa shape index (κ2) is 8.27. The van der Waals surface area contributed by atoms with Crippen LogP contribution in [0.1, 0.15) is 27.0 Å². The molecule has 0 saturated heterocycles. The lowest BCUT2D eigenvalue weighted by Crippen LogP contribution is -2.15. The van der Waals surface area contributed by atoms with Gasteiger partial charge in [0.1, 0.15) is 6.61 Å². The van der Waals surface area contributed by atoms with Crippen molar-refractivity contribution in [1.82, 2.24) is 0 Å². The van der Waals surface area contributed by atoms with Crippen molar-refractivity contribution in [3.8, 4) is 11.5 Å². The van der Waals surface area contributed by atoms with Crippen molar-refractivity contribution in [1.29, 1.82) is 0 Å². The smallest absolute Gasteiger partial charge is 0.345 e. The number of carboxylic acid groups (broad SMARTS) is 1. The molecule has 8 nitrogen and oxygen atoms in total. The van der Waals surface area contributed by atoms with Crippen LogP contribution < -0.4 is 19.9 Å². The van der Waals surface area contributed by atoms with E-state index in [9.17, 15) is 14.4 Å². The number of esters is 2. The van der Waals surface area contributed by atoms with Crippen molar-refractivity contribution in [3.63, 3.8) is 0 Å². The predicted octanol–water partition coefficient (Wildman–Crippen LogP) is 2.92. The molecule has 3 aromatic carbocycles. The maximum atomic E-state index is 12.8. The third-order valence-corrected chi connectivity index (χ3v) is 6.21. The molecule has 0 bridgehead atoms. The Balaban J connectivity index is 1.76. The van der Waals surface area contributed by atoms with E-state index in [0.717, 1.165) is 0 Å². The number of carboxylic acids is 1. The standard InChI is InChI=1S/C24H12Cl2O8/c25-18-16-14(11-3-1-10(2-4-11)9-32-31)23(29)33-20(16)19(26)17-15(24(30)34-21(17)18)12-5-7-13(8-6-12)22(27)28/h1-8,31H,9H2,(H,27,28). The number of aromatic carboxylic acids is 1. The lowest BCUT2D eigenvalue weighted by molar-refractivity contribution is -0.253. The zero-order valence-corrected chi connectivity index (χ0v) is 18.4. The number of rotatable bonds is 5. The fourth-order valence-corrected chi connectivity index (χ4v) is 4.55. The van der Waals surface area contributed by atoms with Crippen molar-refractivity contribution in [2.24, 2.45) is 0 Å². The summed E-state index contributed by atoms with van der Waals surface area (Å²) in [5.41, 5.74) is 1.75. The summed E-state index contributed by atoms with van der Waals surface area (Å²) in [4.78, 5) is 40.8. The minimum absolute atomic E-state index is 0.00820. The van der Waals surface area contributed by atoms with Gasteiger partial charge in [-0.15, -0.1) is 0 Å². The highest BCUT2D eigenvalue weighted by molar-refractivity contribution is 6.39. The molecule has 2 N–H and O–H groups in total. The number of fused-ring (bicyclic) bond motifs is 2. The number of carbonyl (C=O) groups is 3. The largest absolute Gasteiger partial charge is 0.478 e. The maximum Gasteiger partial charge on any atom is 0.345 e. The monoisotopic (exact) mass is 498 g/mol. The highest BCUT2D eigenvalue weighted by atomic mass is 35.5. The van der Waals surface area contributed by atoms with Crippen LogP contribution in [0.15, 0.2) is 48.5 Å². The molecule has 0 radical (unpaired) electrons. The van der Waals surface area contributed by atoms with Gasteiger partial charge in [-0.1, -0.05) is 59.6 Å². The van der Waals surface area contributed by atoms with Crippen molar-refractivity contribution in [3.05, 3.63) is 91.3 Å². The van der Waals surface area contributed by atoms with Gasteiger partial charge in [-0.2, -0.15) is 0 Å². The van der Waals surface area contributed by atoms with E-state index in [1.807, 2.05) is 0 Å². The number of benzene rings is 3. The van der Waals surface area contributed by atoms with Gasteiger partial charge in [-0.25, -0.2) is 19.3 Å². The molecule has 3 aromatic rings. The van der Waals surface area contributed by atoms with Crippen LogP contribution >= 0.6 is 23.2 Å². The minimum atomic E-state index is -1.11. The molecule has 0 spiro atoms. The van der Waals surface area contributed by atoms with Crippen LogP contribution in [0.3, 0.4) is 0 Å². The van der Waals surface area contributed by atoms with E-state index in [-0.39, 0.29) is 55.3 Å². The van der Waals surface area contributed by atoms with E-state index in [1.165, 1.54) is 24.3 Å². The number of ether oxygens (including phenoxy) is 2. The summed E-state index contributed by atoms with van der Waals surface area (Å²) in [5, 5.41) is 18.0. The summed E-state index contributed by atoms with van der Waals surface area (Å²) >= 11 is 13.2. The van der Waals surface area contributed by atoms with Crippen LogP contribution in [0, 0.1) is 0 Å². The van der Waals surface area contributed by atoms with Gasteiger partial charge in [0, 0.05) is 0 Å². The normalized spacial score (nSPS) is 14.1. The van der Waals surface area contributed by atoms with Crippen LogP contribution in [0.5, 0.6) is 11.5 Å². The Morgan fingerprint density at radius 2 is 1.24 bits per heavy atom. The summed E-state index contributed by atoms with van der Waals surface area (Å²) < 4.78 is 10.9. The maximum absolute atomic E-state index is 12.8. The molecule has 0 atom stereocenters. The van der Waals surface area contributed by atoms with E-state index in [2.05, 4.69) is 4.89 Å². The van der Waals surface area contributed by atoms with E-state index in [4.69, 9.17) is 43.0 Å². The molecule has 10 heteroatoms.